The molecule has 0 radical (unpaired) electrons. The first-order valence-electron chi connectivity index (χ1n) is 9.51. The molecule has 1 aliphatic heterocycles. The normalized spacial score (nSPS) is 13.1. The Morgan fingerprint density at radius 1 is 1.11 bits per heavy atom. The molecule has 0 amide bonds. The van der Waals surface area contributed by atoms with Gasteiger partial charge in [0.2, 0.25) is 5.88 Å². The first-order chi connectivity index (χ1) is 13.5. The van der Waals surface area contributed by atoms with Crippen molar-refractivity contribution in [2.24, 2.45) is 5.92 Å². The predicted octanol–water partition coefficient (Wildman–Crippen LogP) is 3.79. The number of pyridine rings is 1. The van der Waals surface area contributed by atoms with Gasteiger partial charge in [-0.3, -0.25) is 4.98 Å². The lowest BCUT2D eigenvalue weighted by molar-refractivity contribution is 0.451. The van der Waals surface area contributed by atoms with Gasteiger partial charge in [-0.1, -0.05) is 13.8 Å². The zero-order valence-corrected chi connectivity index (χ0v) is 16.7. The van der Waals surface area contributed by atoms with Gasteiger partial charge < -0.3 is 9.64 Å². The monoisotopic (exact) mass is 376 g/mol. The number of aryl methyl sites for hydroxylation is 1. The lowest BCUT2D eigenvalue weighted by Gasteiger charge is -2.19. The second-order valence-corrected chi connectivity index (χ2v) is 7.53. The summed E-state index contributed by atoms with van der Waals surface area (Å²) in [5.41, 5.74) is 3.95. The highest BCUT2D eigenvalue weighted by Crippen LogP contribution is 2.33. The number of fused-ring (bicyclic) bond motifs is 1. The highest BCUT2D eigenvalue weighted by Gasteiger charge is 2.25. The minimum atomic E-state index is 0.537. The number of hydrogen-bond donors (Lipinski definition) is 0. The summed E-state index contributed by atoms with van der Waals surface area (Å²) in [4.78, 5) is 24.6. The van der Waals surface area contributed by atoms with Crippen LogP contribution >= 0.6 is 0 Å². The van der Waals surface area contributed by atoms with E-state index >= 15 is 0 Å². The van der Waals surface area contributed by atoms with Crippen LogP contribution in [0.3, 0.4) is 0 Å². The van der Waals surface area contributed by atoms with Crippen LogP contribution in [0.2, 0.25) is 0 Å². The molecule has 0 saturated heterocycles. The van der Waals surface area contributed by atoms with E-state index in [0.29, 0.717) is 24.1 Å². The third-order valence-electron chi connectivity index (χ3n) is 4.77. The molecule has 3 aromatic rings. The molecule has 4 heterocycles. The minimum absolute atomic E-state index is 0.537. The number of nitrogens with zero attached hydrogens (tertiary/aromatic N) is 6. The fourth-order valence-electron chi connectivity index (χ4n) is 3.34. The Balaban J connectivity index is 1.57. The van der Waals surface area contributed by atoms with Crippen molar-refractivity contribution in [1.29, 1.82) is 0 Å². The van der Waals surface area contributed by atoms with Crippen LogP contribution < -0.4 is 9.64 Å². The van der Waals surface area contributed by atoms with Gasteiger partial charge in [-0.15, -0.1) is 0 Å². The smallest absolute Gasteiger partial charge is 0.227 e. The van der Waals surface area contributed by atoms with Gasteiger partial charge in [0.05, 0.1) is 23.5 Å². The van der Waals surface area contributed by atoms with Gasteiger partial charge >= 0.3 is 0 Å². The minimum Gasteiger partial charge on any atom is -0.437 e. The van der Waals surface area contributed by atoms with Crippen molar-refractivity contribution in [3.8, 4) is 11.6 Å². The van der Waals surface area contributed by atoms with Gasteiger partial charge in [-0.2, -0.15) is 0 Å². The van der Waals surface area contributed by atoms with Gasteiger partial charge in [-0.25, -0.2) is 19.9 Å². The highest BCUT2D eigenvalue weighted by molar-refractivity contribution is 5.53. The summed E-state index contributed by atoms with van der Waals surface area (Å²) >= 11 is 0. The zero-order valence-electron chi connectivity index (χ0n) is 16.7. The summed E-state index contributed by atoms with van der Waals surface area (Å²) in [6, 6.07) is 3.74. The predicted molar refractivity (Wildman–Crippen MR) is 106 cm³/mol. The first kappa shape index (κ1) is 18.3. The summed E-state index contributed by atoms with van der Waals surface area (Å²) in [6.45, 7) is 9.70. The van der Waals surface area contributed by atoms with E-state index in [4.69, 9.17) is 9.72 Å². The molecule has 0 fully saturated rings. The molecule has 28 heavy (non-hydrogen) atoms. The van der Waals surface area contributed by atoms with Crippen molar-refractivity contribution < 1.29 is 4.74 Å². The maximum Gasteiger partial charge on any atom is 0.227 e. The zero-order chi connectivity index (χ0) is 19.7. The topological polar surface area (TPSA) is 76.9 Å². The van der Waals surface area contributed by atoms with Crippen molar-refractivity contribution in [1.82, 2.24) is 24.9 Å². The Morgan fingerprint density at radius 2 is 1.96 bits per heavy atom. The second-order valence-electron chi connectivity index (χ2n) is 7.53. The Kier molecular flexibility index (Phi) is 4.90. The molecule has 0 saturated carbocycles. The average Bonchev–Trinajstić information content (AvgIpc) is 3.07. The molecule has 7 heteroatoms. The molecule has 0 bridgehead atoms. The third kappa shape index (κ3) is 3.65. The van der Waals surface area contributed by atoms with E-state index in [9.17, 15) is 0 Å². The molecule has 0 aromatic carbocycles. The van der Waals surface area contributed by atoms with Gasteiger partial charge in [0.1, 0.15) is 18.0 Å². The van der Waals surface area contributed by atoms with E-state index in [1.165, 1.54) is 0 Å². The summed E-state index contributed by atoms with van der Waals surface area (Å²) in [5.74, 6) is 3.55. The van der Waals surface area contributed by atoms with Crippen LogP contribution in [0.4, 0.5) is 5.82 Å². The third-order valence-corrected chi connectivity index (χ3v) is 4.77. The lowest BCUT2D eigenvalue weighted by Crippen LogP contribution is -2.18. The van der Waals surface area contributed by atoms with Crippen molar-refractivity contribution in [2.75, 3.05) is 4.90 Å². The van der Waals surface area contributed by atoms with Crippen molar-refractivity contribution in [3.05, 3.63) is 59.2 Å². The summed E-state index contributed by atoms with van der Waals surface area (Å²) in [7, 11) is 0. The first-order valence-corrected chi connectivity index (χ1v) is 9.51. The van der Waals surface area contributed by atoms with Crippen molar-refractivity contribution in [3.63, 3.8) is 0 Å². The Morgan fingerprint density at radius 3 is 2.75 bits per heavy atom. The molecule has 0 unspecified atom stereocenters. The van der Waals surface area contributed by atoms with Crippen LogP contribution in [-0.2, 0) is 19.5 Å². The van der Waals surface area contributed by atoms with E-state index in [-0.39, 0.29) is 0 Å². The average molecular weight is 376 g/mol. The van der Waals surface area contributed by atoms with Crippen LogP contribution in [0.15, 0.2) is 30.9 Å². The Bertz CT molecular complexity index is 1000. The van der Waals surface area contributed by atoms with Crippen molar-refractivity contribution >= 4 is 5.82 Å². The molecule has 7 nitrogen and oxygen atoms in total. The molecule has 3 aromatic heterocycles. The molecule has 1 aliphatic rings. The molecular formula is C21H24N6O. The standard InChI is InChI=1S/C21H24N6O/c1-13(2)8-19-23-9-16-10-27(11-17(16)26-19)20-14(3)21(25-12-24-20)28-18-6-5-7-22-15(18)4/h5-7,9,12-13H,8,10-11H2,1-4H3. The summed E-state index contributed by atoms with van der Waals surface area (Å²) < 4.78 is 6.01. The van der Waals surface area contributed by atoms with Crippen LogP contribution in [0, 0.1) is 19.8 Å². The SMILES string of the molecule is Cc1ncccc1Oc1ncnc(N2Cc3cnc(CC(C)C)nc3C2)c1C. The van der Waals surface area contributed by atoms with Gasteiger partial charge in [-0.05, 0) is 31.9 Å². The fourth-order valence-corrected chi connectivity index (χ4v) is 3.34. The van der Waals surface area contributed by atoms with E-state index in [0.717, 1.165) is 47.1 Å². The molecule has 144 valence electrons. The van der Waals surface area contributed by atoms with Gasteiger partial charge in [0, 0.05) is 30.9 Å². The molecule has 0 atom stereocenters. The molecule has 0 N–H and O–H groups in total. The fraction of sp³-hybridized carbons (Fsp3) is 0.381. The maximum absolute atomic E-state index is 6.01. The molecule has 0 spiro atoms. The van der Waals surface area contributed by atoms with Gasteiger partial charge in [0.15, 0.2) is 5.75 Å². The van der Waals surface area contributed by atoms with E-state index in [1.54, 1.807) is 12.5 Å². The second kappa shape index (κ2) is 7.50. The van der Waals surface area contributed by atoms with E-state index in [2.05, 4.69) is 38.7 Å². The highest BCUT2D eigenvalue weighted by atomic mass is 16.5. The Hall–Kier alpha value is -3.09. The van der Waals surface area contributed by atoms with Crippen LogP contribution in [0.25, 0.3) is 0 Å². The maximum atomic E-state index is 6.01. The van der Waals surface area contributed by atoms with Crippen molar-refractivity contribution in [2.45, 2.75) is 47.2 Å². The number of aromatic nitrogens is 5. The van der Waals surface area contributed by atoms with Gasteiger partial charge in [0.25, 0.3) is 0 Å². The van der Waals surface area contributed by atoms with E-state index in [1.807, 2.05) is 32.2 Å². The summed E-state index contributed by atoms with van der Waals surface area (Å²) in [5, 5.41) is 0. The summed E-state index contributed by atoms with van der Waals surface area (Å²) in [6.07, 6.45) is 6.13. The largest absolute Gasteiger partial charge is 0.437 e. The van der Waals surface area contributed by atoms with Crippen LogP contribution in [-0.4, -0.2) is 24.9 Å². The van der Waals surface area contributed by atoms with E-state index < -0.39 is 0 Å². The van der Waals surface area contributed by atoms with Crippen LogP contribution in [0.5, 0.6) is 11.6 Å². The number of hydrogen-bond acceptors (Lipinski definition) is 7. The molecule has 0 aliphatic carbocycles. The number of ether oxygens (including phenoxy) is 1. The lowest BCUT2D eigenvalue weighted by atomic mass is 10.1. The molecule has 4 rings (SSSR count). The van der Waals surface area contributed by atoms with Crippen LogP contribution in [0.1, 0.15) is 42.2 Å². The number of anilines is 1. The molecular weight excluding hydrogens is 352 g/mol. The number of rotatable bonds is 5. The Labute approximate surface area is 164 Å². The quantitative estimate of drug-likeness (QED) is 0.670.